The molecule has 1 aliphatic rings. The zero-order valence-corrected chi connectivity index (χ0v) is 19.1. The molecule has 7 nitrogen and oxygen atoms in total. The van der Waals surface area contributed by atoms with Crippen LogP contribution in [0, 0.1) is 0 Å². The maximum atomic E-state index is 12.6. The van der Waals surface area contributed by atoms with Crippen molar-refractivity contribution in [3.63, 3.8) is 0 Å². The third kappa shape index (κ3) is 5.22. The van der Waals surface area contributed by atoms with Gasteiger partial charge in [0.1, 0.15) is 10.6 Å². The zero-order valence-electron chi connectivity index (χ0n) is 14.3. The molecule has 0 radical (unpaired) electrons. The fourth-order valence-electron chi connectivity index (χ4n) is 2.14. The Morgan fingerprint density at radius 2 is 2.00 bits per heavy atom. The molecule has 1 atom stereocenters. The predicted octanol–water partition coefficient (Wildman–Crippen LogP) is 3.92. The van der Waals surface area contributed by atoms with Crippen LogP contribution in [0.5, 0.6) is 5.75 Å². The number of carbonyl (C=O) groups excluding carboxylic acids is 1. The highest BCUT2D eigenvalue weighted by molar-refractivity contribution is 9.11. The summed E-state index contributed by atoms with van der Waals surface area (Å²) in [5.74, 6) is 0.0268. The molecule has 1 fully saturated rings. The third-order valence-corrected chi connectivity index (χ3v) is 7.18. The van der Waals surface area contributed by atoms with Crippen LogP contribution in [0.3, 0.4) is 0 Å². The normalized spacial score (nSPS) is 18.6. The molecule has 0 unspecified atom stereocenters. The molecule has 1 heterocycles. The van der Waals surface area contributed by atoms with Gasteiger partial charge < -0.3 is 9.50 Å². The fraction of sp³-hybridized carbons (Fsp3) is 0.118. The largest absolute Gasteiger partial charge is 0.379 e. The third-order valence-electron chi connectivity index (χ3n) is 3.47. The molecule has 0 aromatic heterocycles. The summed E-state index contributed by atoms with van der Waals surface area (Å²) >= 11 is 7.76. The van der Waals surface area contributed by atoms with Gasteiger partial charge in [-0.15, -0.1) is 5.10 Å². The van der Waals surface area contributed by atoms with Gasteiger partial charge in [0.2, 0.25) is 5.91 Å². The number of hydrogen-bond donors (Lipinski definition) is 1. The number of halogens is 2. The van der Waals surface area contributed by atoms with E-state index in [2.05, 4.69) is 47.4 Å². The number of thioether (sulfide) groups is 1. The Bertz CT molecular complexity index is 1090. The van der Waals surface area contributed by atoms with Gasteiger partial charge >= 0.3 is 10.1 Å². The number of carbonyl (C=O) groups is 1. The molecule has 0 aliphatic carbocycles. The Kier molecular flexibility index (Phi) is 6.58. The lowest BCUT2D eigenvalue weighted by atomic mass is 10.2. The van der Waals surface area contributed by atoms with Crippen molar-refractivity contribution in [1.82, 2.24) is 5.32 Å². The number of amides is 1. The van der Waals surface area contributed by atoms with Gasteiger partial charge in [-0.1, -0.05) is 39.8 Å². The number of nitrogens with zero attached hydrogens (tertiary/aromatic N) is 2. The SMILES string of the molecule is C[C@H]1S/C(=N\N=C/c2cccc(OS(=O)(=O)c3cc(Br)ccc3Br)c2)NC1=O. The van der Waals surface area contributed by atoms with Crippen LogP contribution in [0.4, 0.5) is 0 Å². The van der Waals surface area contributed by atoms with Gasteiger partial charge in [0.15, 0.2) is 5.17 Å². The quantitative estimate of drug-likeness (QED) is 0.348. The molecule has 11 heteroatoms. The van der Waals surface area contributed by atoms with E-state index in [1.54, 1.807) is 31.2 Å². The van der Waals surface area contributed by atoms with Crippen LogP contribution in [-0.2, 0) is 14.9 Å². The van der Waals surface area contributed by atoms with Gasteiger partial charge in [-0.2, -0.15) is 13.5 Å². The second-order valence-electron chi connectivity index (χ2n) is 5.58. The van der Waals surface area contributed by atoms with Gasteiger partial charge in [0, 0.05) is 8.95 Å². The topological polar surface area (TPSA) is 97.2 Å². The smallest absolute Gasteiger partial charge is 0.340 e. The van der Waals surface area contributed by atoms with Crippen molar-refractivity contribution < 1.29 is 17.4 Å². The van der Waals surface area contributed by atoms with Crippen molar-refractivity contribution in [3.05, 3.63) is 57.0 Å². The van der Waals surface area contributed by atoms with E-state index in [0.29, 0.717) is 19.7 Å². The first-order valence-electron chi connectivity index (χ1n) is 7.83. The Labute approximate surface area is 183 Å². The fourth-order valence-corrected chi connectivity index (χ4v) is 5.27. The number of benzene rings is 2. The van der Waals surface area contributed by atoms with E-state index in [9.17, 15) is 13.2 Å². The van der Waals surface area contributed by atoms with Crippen molar-refractivity contribution in [2.75, 3.05) is 0 Å². The number of hydrogen-bond acceptors (Lipinski definition) is 7. The summed E-state index contributed by atoms with van der Waals surface area (Å²) in [5, 5.41) is 10.7. The Morgan fingerprint density at radius 3 is 2.71 bits per heavy atom. The van der Waals surface area contributed by atoms with Gasteiger partial charge in [-0.3, -0.25) is 4.79 Å². The predicted molar refractivity (Wildman–Crippen MR) is 116 cm³/mol. The molecule has 2 aromatic rings. The number of nitrogens with one attached hydrogen (secondary N) is 1. The van der Waals surface area contributed by atoms with Crippen molar-refractivity contribution in [3.8, 4) is 5.75 Å². The molecule has 0 saturated carbocycles. The van der Waals surface area contributed by atoms with Crippen molar-refractivity contribution >= 4 is 71.0 Å². The molecule has 1 aliphatic heterocycles. The molecule has 28 heavy (non-hydrogen) atoms. The molecule has 0 bridgehead atoms. The van der Waals surface area contributed by atoms with Gasteiger partial charge in [-0.05, 0) is 58.7 Å². The van der Waals surface area contributed by atoms with Crippen LogP contribution in [0.15, 0.2) is 66.5 Å². The second-order valence-corrected chi connectivity index (χ2v) is 10.2. The Hall–Kier alpha value is -1.69. The van der Waals surface area contributed by atoms with Gasteiger partial charge in [0.05, 0.1) is 11.5 Å². The molecule has 146 valence electrons. The van der Waals surface area contributed by atoms with Crippen LogP contribution < -0.4 is 9.50 Å². The minimum atomic E-state index is -4.03. The lowest BCUT2D eigenvalue weighted by Gasteiger charge is -2.09. The van der Waals surface area contributed by atoms with E-state index < -0.39 is 10.1 Å². The van der Waals surface area contributed by atoms with Crippen LogP contribution in [-0.4, -0.2) is 31.0 Å². The minimum absolute atomic E-state index is 0.00969. The van der Waals surface area contributed by atoms with E-state index in [-0.39, 0.29) is 21.8 Å². The van der Waals surface area contributed by atoms with E-state index in [1.165, 1.54) is 36.2 Å². The molecule has 3 rings (SSSR count). The first kappa shape index (κ1) is 21.0. The lowest BCUT2D eigenvalue weighted by molar-refractivity contribution is -0.118. The molecular weight excluding hydrogens is 534 g/mol. The van der Waals surface area contributed by atoms with E-state index in [1.807, 2.05) is 0 Å². The van der Waals surface area contributed by atoms with Gasteiger partial charge in [-0.25, -0.2) is 0 Å². The highest BCUT2D eigenvalue weighted by Gasteiger charge is 2.25. The molecule has 1 saturated heterocycles. The summed E-state index contributed by atoms with van der Waals surface area (Å²) in [6, 6.07) is 11.2. The minimum Gasteiger partial charge on any atom is -0.379 e. The maximum absolute atomic E-state index is 12.6. The first-order valence-corrected chi connectivity index (χ1v) is 11.7. The monoisotopic (exact) mass is 545 g/mol. The van der Waals surface area contributed by atoms with Crippen molar-refractivity contribution in [2.24, 2.45) is 10.2 Å². The number of rotatable bonds is 5. The molecule has 0 spiro atoms. The number of amidine groups is 1. The van der Waals surface area contributed by atoms with Crippen molar-refractivity contribution in [1.29, 1.82) is 0 Å². The summed E-state index contributed by atoms with van der Waals surface area (Å²) in [7, 11) is -4.03. The summed E-state index contributed by atoms with van der Waals surface area (Å²) in [4.78, 5) is 11.4. The van der Waals surface area contributed by atoms with E-state index in [0.717, 1.165) is 0 Å². The summed E-state index contributed by atoms with van der Waals surface area (Å²) < 4.78 is 31.4. The van der Waals surface area contributed by atoms with Crippen LogP contribution in [0.2, 0.25) is 0 Å². The zero-order chi connectivity index (χ0) is 20.3. The lowest BCUT2D eigenvalue weighted by Crippen LogP contribution is -2.23. The maximum Gasteiger partial charge on any atom is 0.340 e. The Morgan fingerprint density at radius 1 is 1.21 bits per heavy atom. The summed E-state index contributed by atoms with van der Waals surface area (Å²) in [6.07, 6.45) is 1.44. The van der Waals surface area contributed by atoms with Crippen LogP contribution in [0.25, 0.3) is 0 Å². The average molecular weight is 547 g/mol. The summed E-state index contributed by atoms with van der Waals surface area (Å²) in [6.45, 7) is 1.77. The highest BCUT2D eigenvalue weighted by Crippen LogP contribution is 2.28. The molecule has 2 aromatic carbocycles. The molecule has 1 N–H and O–H groups in total. The molecular formula is C17H13Br2N3O4S2. The second kappa shape index (κ2) is 8.76. The van der Waals surface area contributed by atoms with E-state index >= 15 is 0 Å². The Balaban J connectivity index is 1.76. The van der Waals surface area contributed by atoms with Crippen molar-refractivity contribution in [2.45, 2.75) is 17.1 Å². The average Bonchev–Trinajstić information content (AvgIpc) is 2.95. The van der Waals surface area contributed by atoms with Crippen LogP contribution >= 0.6 is 43.6 Å². The van der Waals surface area contributed by atoms with Crippen LogP contribution in [0.1, 0.15) is 12.5 Å². The standard InChI is InChI=1S/C17H13Br2N3O4S2/c1-10-16(23)21-17(27-10)22-20-9-11-3-2-4-13(7-11)26-28(24,25)15-8-12(18)5-6-14(15)19/h2-10H,1H3,(H,21,22,23)/b20-9-/t10-/m1/s1. The van der Waals surface area contributed by atoms with E-state index in [4.69, 9.17) is 4.18 Å². The highest BCUT2D eigenvalue weighted by atomic mass is 79.9. The van der Waals surface area contributed by atoms with Gasteiger partial charge in [0.25, 0.3) is 0 Å². The summed E-state index contributed by atoms with van der Waals surface area (Å²) in [5.41, 5.74) is 0.590. The molecule has 1 amide bonds. The first-order chi connectivity index (χ1) is 13.2.